The summed E-state index contributed by atoms with van der Waals surface area (Å²) in [6, 6.07) is 30.4. The lowest BCUT2D eigenvalue weighted by atomic mass is 9.98. The fourth-order valence-electron chi connectivity index (χ4n) is 3.68. The van der Waals surface area contributed by atoms with Crippen LogP contribution in [0, 0.1) is 0 Å². The molecule has 1 aromatic heterocycles. The third-order valence-electron chi connectivity index (χ3n) is 5.27. The smallest absolute Gasteiger partial charge is 0.344 e. The van der Waals surface area contributed by atoms with Gasteiger partial charge in [0.25, 0.3) is 5.91 Å². The third kappa shape index (κ3) is 4.42. The van der Waals surface area contributed by atoms with Gasteiger partial charge < -0.3 is 14.5 Å². The quantitative estimate of drug-likeness (QED) is 0.298. The zero-order chi connectivity index (χ0) is 23.5. The second-order valence-electron chi connectivity index (χ2n) is 7.54. The Morgan fingerprint density at radius 3 is 2.00 bits per heavy atom. The van der Waals surface area contributed by atoms with Crippen LogP contribution < -0.4 is 15.7 Å². The molecular formula is C28H18ClNO4. The normalized spacial score (nSPS) is 10.7. The first-order valence-corrected chi connectivity index (χ1v) is 10.9. The molecule has 0 aliphatic heterocycles. The molecule has 0 fully saturated rings. The van der Waals surface area contributed by atoms with Crippen molar-refractivity contribution in [2.75, 3.05) is 5.32 Å². The molecular weight excluding hydrogens is 450 g/mol. The predicted octanol–water partition coefficient (Wildman–Crippen LogP) is 7.16. The molecule has 0 bridgehead atoms. The van der Waals surface area contributed by atoms with Gasteiger partial charge in [0.1, 0.15) is 11.5 Å². The highest BCUT2D eigenvalue weighted by Gasteiger charge is 2.21. The molecule has 1 amide bonds. The molecule has 5 aromatic rings. The Hall–Kier alpha value is -4.35. The maximum Gasteiger partial charge on any atom is 0.344 e. The van der Waals surface area contributed by atoms with E-state index < -0.39 is 11.5 Å². The molecule has 4 aromatic carbocycles. The molecule has 0 aliphatic rings. The SMILES string of the molecule is O=C(Nc1ccc(Oc2ccc(Cl)cc2)cc1)c1oc(=O)c2ccccc2c1-c1ccccc1. The monoisotopic (exact) mass is 467 g/mol. The summed E-state index contributed by atoms with van der Waals surface area (Å²) in [7, 11) is 0. The summed E-state index contributed by atoms with van der Waals surface area (Å²) >= 11 is 5.90. The van der Waals surface area contributed by atoms with Crippen LogP contribution in [0.25, 0.3) is 21.9 Å². The molecule has 1 heterocycles. The van der Waals surface area contributed by atoms with Gasteiger partial charge >= 0.3 is 5.63 Å². The minimum Gasteiger partial charge on any atom is -0.457 e. The standard InChI is InChI=1S/C28H18ClNO4/c29-19-10-14-21(15-11-19)33-22-16-12-20(13-17-22)30-27(31)26-25(18-6-2-1-3-7-18)23-8-4-5-9-24(23)28(32)34-26/h1-17H,(H,30,31). The molecule has 0 saturated heterocycles. The number of carbonyl (C=O) groups is 1. The highest BCUT2D eigenvalue weighted by atomic mass is 35.5. The zero-order valence-electron chi connectivity index (χ0n) is 17.8. The van der Waals surface area contributed by atoms with E-state index in [4.69, 9.17) is 20.8 Å². The molecule has 0 saturated carbocycles. The molecule has 0 unspecified atom stereocenters. The van der Waals surface area contributed by atoms with Crippen LogP contribution in [0.1, 0.15) is 10.6 Å². The first-order chi connectivity index (χ1) is 16.6. The van der Waals surface area contributed by atoms with Crippen LogP contribution in [0.2, 0.25) is 5.02 Å². The van der Waals surface area contributed by atoms with Gasteiger partial charge in [0, 0.05) is 21.7 Å². The van der Waals surface area contributed by atoms with Gasteiger partial charge in [-0.15, -0.1) is 0 Å². The van der Waals surface area contributed by atoms with E-state index >= 15 is 0 Å². The largest absolute Gasteiger partial charge is 0.457 e. The van der Waals surface area contributed by atoms with E-state index in [1.807, 2.05) is 42.5 Å². The average molecular weight is 468 g/mol. The molecule has 1 N–H and O–H groups in total. The molecule has 5 nitrogen and oxygen atoms in total. The zero-order valence-corrected chi connectivity index (χ0v) is 18.6. The number of anilines is 1. The number of benzene rings is 4. The highest BCUT2D eigenvalue weighted by Crippen LogP contribution is 2.31. The van der Waals surface area contributed by atoms with Crippen molar-refractivity contribution in [2.24, 2.45) is 0 Å². The Kier molecular flexibility index (Phi) is 5.85. The molecule has 0 atom stereocenters. The van der Waals surface area contributed by atoms with E-state index in [1.54, 1.807) is 60.7 Å². The van der Waals surface area contributed by atoms with E-state index in [1.165, 1.54) is 0 Å². The van der Waals surface area contributed by atoms with Crippen molar-refractivity contribution in [3.05, 3.63) is 124 Å². The second kappa shape index (κ2) is 9.25. The van der Waals surface area contributed by atoms with Crippen molar-refractivity contribution in [3.8, 4) is 22.6 Å². The first kappa shape index (κ1) is 21.5. The predicted molar refractivity (Wildman–Crippen MR) is 134 cm³/mol. The Labute approximate surface area is 200 Å². The fraction of sp³-hybridized carbons (Fsp3) is 0. The van der Waals surface area contributed by atoms with Gasteiger partial charge in [-0.3, -0.25) is 4.79 Å². The van der Waals surface area contributed by atoms with E-state index in [0.29, 0.717) is 38.5 Å². The maximum absolute atomic E-state index is 13.2. The van der Waals surface area contributed by atoms with Crippen molar-refractivity contribution in [2.45, 2.75) is 0 Å². The van der Waals surface area contributed by atoms with Gasteiger partial charge in [-0.1, -0.05) is 60.1 Å². The van der Waals surface area contributed by atoms with Gasteiger partial charge in [0.05, 0.1) is 5.39 Å². The molecule has 5 rings (SSSR count). The summed E-state index contributed by atoms with van der Waals surface area (Å²) < 4.78 is 11.3. The van der Waals surface area contributed by atoms with Crippen molar-refractivity contribution in [3.63, 3.8) is 0 Å². The molecule has 6 heteroatoms. The van der Waals surface area contributed by atoms with E-state index in [0.717, 1.165) is 5.56 Å². The van der Waals surface area contributed by atoms with Crippen LogP contribution in [0.4, 0.5) is 5.69 Å². The average Bonchev–Trinajstić information content (AvgIpc) is 2.87. The van der Waals surface area contributed by atoms with Gasteiger partial charge in [0.15, 0.2) is 0 Å². The van der Waals surface area contributed by atoms with Gasteiger partial charge in [-0.05, 0) is 60.2 Å². The first-order valence-electron chi connectivity index (χ1n) is 10.5. The summed E-state index contributed by atoms with van der Waals surface area (Å²) in [4.78, 5) is 25.8. The minimum atomic E-state index is -0.563. The van der Waals surface area contributed by atoms with Crippen molar-refractivity contribution in [1.82, 2.24) is 0 Å². The number of carbonyl (C=O) groups excluding carboxylic acids is 1. The molecule has 0 radical (unpaired) electrons. The van der Waals surface area contributed by atoms with Crippen LogP contribution in [0.5, 0.6) is 11.5 Å². The number of nitrogens with one attached hydrogen (secondary N) is 1. The topological polar surface area (TPSA) is 68.5 Å². The highest BCUT2D eigenvalue weighted by molar-refractivity contribution is 6.30. The lowest BCUT2D eigenvalue weighted by Crippen LogP contribution is -2.16. The number of ether oxygens (including phenoxy) is 1. The molecule has 166 valence electrons. The Morgan fingerprint density at radius 1 is 0.735 bits per heavy atom. The van der Waals surface area contributed by atoms with E-state index in [9.17, 15) is 9.59 Å². The van der Waals surface area contributed by atoms with Crippen molar-refractivity contribution < 1.29 is 13.9 Å². The van der Waals surface area contributed by atoms with E-state index in [-0.39, 0.29) is 5.76 Å². The number of rotatable bonds is 5. The van der Waals surface area contributed by atoms with Crippen LogP contribution in [-0.4, -0.2) is 5.91 Å². The Bertz CT molecular complexity index is 1530. The Balaban J connectivity index is 1.46. The number of amides is 1. The molecule has 0 aliphatic carbocycles. The van der Waals surface area contributed by atoms with Crippen LogP contribution in [0.15, 0.2) is 112 Å². The van der Waals surface area contributed by atoms with Gasteiger partial charge in [0.2, 0.25) is 5.76 Å². The lowest BCUT2D eigenvalue weighted by molar-refractivity contribution is 0.0994. The lowest BCUT2D eigenvalue weighted by Gasteiger charge is -2.12. The van der Waals surface area contributed by atoms with Gasteiger partial charge in [-0.2, -0.15) is 0 Å². The van der Waals surface area contributed by atoms with Crippen LogP contribution >= 0.6 is 11.6 Å². The summed E-state index contributed by atoms with van der Waals surface area (Å²) in [6.07, 6.45) is 0. The number of halogens is 1. The summed E-state index contributed by atoms with van der Waals surface area (Å²) in [5.41, 5.74) is 1.31. The summed E-state index contributed by atoms with van der Waals surface area (Å²) in [5.74, 6) is 0.679. The van der Waals surface area contributed by atoms with Crippen molar-refractivity contribution in [1.29, 1.82) is 0 Å². The number of fused-ring (bicyclic) bond motifs is 1. The third-order valence-corrected chi connectivity index (χ3v) is 5.52. The fourth-order valence-corrected chi connectivity index (χ4v) is 3.81. The second-order valence-corrected chi connectivity index (χ2v) is 7.98. The summed E-state index contributed by atoms with van der Waals surface area (Å²) in [6.45, 7) is 0. The van der Waals surface area contributed by atoms with Crippen molar-refractivity contribution >= 4 is 34.0 Å². The number of hydrogen-bond donors (Lipinski definition) is 1. The van der Waals surface area contributed by atoms with Crippen LogP contribution in [0.3, 0.4) is 0 Å². The van der Waals surface area contributed by atoms with Gasteiger partial charge in [-0.25, -0.2) is 4.79 Å². The minimum absolute atomic E-state index is 0.0450. The summed E-state index contributed by atoms with van der Waals surface area (Å²) in [5, 5.41) is 4.51. The van der Waals surface area contributed by atoms with E-state index in [2.05, 4.69) is 5.32 Å². The Morgan fingerprint density at radius 2 is 1.32 bits per heavy atom. The molecule has 0 spiro atoms. The molecule has 34 heavy (non-hydrogen) atoms. The van der Waals surface area contributed by atoms with Crippen LogP contribution in [-0.2, 0) is 0 Å². The maximum atomic E-state index is 13.2. The number of hydrogen-bond acceptors (Lipinski definition) is 4.